The van der Waals surface area contributed by atoms with Crippen LogP contribution >= 0.6 is 0 Å². The van der Waals surface area contributed by atoms with Crippen molar-refractivity contribution in [1.82, 2.24) is 0 Å². The molecular weight excluding hydrogens is 288 g/mol. The third-order valence-electron chi connectivity index (χ3n) is 6.57. The molecule has 0 saturated heterocycles. The van der Waals surface area contributed by atoms with Crippen LogP contribution in [-0.2, 0) is 14.3 Å². The van der Waals surface area contributed by atoms with Crippen LogP contribution in [0.3, 0.4) is 0 Å². The van der Waals surface area contributed by atoms with E-state index in [1.54, 1.807) is 6.92 Å². The van der Waals surface area contributed by atoms with Gasteiger partial charge in [-0.05, 0) is 67.4 Å². The molecule has 0 aromatic carbocycles. The number of hydrogen-bond donors (Lipinski definition) is 0. The van der Waals surface area contributed by atoms with E-state index in [-0.39, 0.29) is 22.6 Å². The predicted molar refractivity (Wildman–Crippen MR) is 89.8 cm³/mol. The molecule has 23 heavy (non-hydrogen) atoms. The molecule has 0 radical (unpaired) electrons. The van der Waals surface area contributed by atoms with Crippen molar-refractivity contribution in [2.45, 2.75) is 66.2 Å². The van der Waals surface area contributed by atoms with E-state index in [2.05, 4.69) is 20.8 Å². The highest BCUT2D eigenvalue weighted by atomic mass is 16.5. The summed E-state index contributed by atoms with van der Waals surface area (Å²) in [5.41, 5.74) is 3.54. The van der Waals surface area contributed by atoms with Gasteiger partial charge in [0, 0.05) is 5.57 Å². The van der Waals surface area contributed by atoms with Crippen LogP contribution in [-0.4, -0.2) is 18.4 Å². The van der Waals surface area contributed by atoms with Crippen molar-refractivity contribution in [1.29, 1.82) is 0 Å². The third-order valence-corrected chi connectivity index (χ3v) is 6.57. The smallest absolute Gasteiger partial charge is 0.334 e. The zero-order chi connectivity index (χ0) is 16.8. The molecule has 3 rings (SSSR count). The van der Waals surface area contributed by atoms with Gasteiger partial charge in [0.15, 0.2) is 5.78 Å². The number of fused-ring (bicyclic) bond motifs is 1. The molecule has 0 aromatic rings. The van der Waals surface area contributed by atoms with Crippen LogP contribution in [0.1, 0.15) is 66.2 Å². The molecule has 3 aliphatic rings. The summed E-state index contributed by atoms with van der Waals surface area (Å²) < 4.78 is 5.01. The lowest BCUT2D eigenvalue weighted by Crippen LogP contribution is -2.40. The molecule has 3 heteroatoms. The normalized spacial score (nSPS) is 32.6. The Labute approximate surface area is 139 Å². The van der Waals surface area contributed by atoms with Crippen LogP contribution < -0.4 is 0 Å². The van der Waals surface area contributed by atoms with Crippen LogP contribution in [0.25, 0.3) is 0 Å². The van der Waals surface area contributed by atoms with Crippen molar-refractivity contribution in [2.75, 3.05) is 6.61 Å². The highest BCUT2D eigenvalue weighted by Gasteiger charge is 2.53. The second kappa shape index (κ2) is 5.61. The SMILES string of the molecule is CC(=O)C1=C(CCC2=CCOC2=O)[C@@]2(C)CCCC(C)(C)[C@@H]2C1. The Morgan fingerprint density at radius 1 is 1.26 bits per heavy atom. The summed E-state index contributed by atoms with van der Waals surface area (Å²) in [6.07, 6.45) is 7.94. The highest BCUT2D eigenvalue weighted by molar-refractivity contribution is 5.95. The average Bonchev–Trinajstić information content (AvgIpc) is 2.98. The van der Waals surface area contributed by atoms with Crippen molar-refractivity contribution < 1.29 is 14.3 Å². The summed E-state index contributed by atoms with van der Waals surface area (Å²) in [7, 11) is 0. The summed E-state index contributed by atoms with van der Waals surface area (Å²) in [5, 5.41) is 0. The molecule has 2 atom stereocenters. The summed E-state index contributed by atoms with van der Waals surface area (Å²) in [6.45, 7) is 9.16. The van der Waals surface area contributed by atoms with Crippen LogP contribution in [0.15, 0.2) is 22.8 Å². The first-order valence-corrected chi connectivity index (χ1v) is 8.85. The molecule has 1 saturated carbocycles. The minimum Gasteiger partial charge on any atom is -0.458 e. The molecule has 126 valence electrons. The van der Waals surface area contributed by atoms with Crippen LogP contribution in [0.4, 0.5) is 0 Å². The maximum atomic E-state index is 12.2. The zero-order valence-corrected chi connectivity index (χ0v) is 14.8. The van der Waals surface area contributed by atoms with E-state index in [1.165, 1.54) is 18.4 Å². The van der Waals surface area contributed by atoms with E-state index in [0.717, 1.165) is 30.4 Å². The third kappa shape index (κ3) is 2.68. The lowest BCUT2D eigenvalue weighted by atomic mass is 9.56. The van der Waals surface area contributed by atoms with Gasteiger partial charge < -0.3 is 4.74 Å². The minimum atomic E-state index is -0.182. The molecule has 1 heterocycles. The molecule has 1 aliphatic heterocycles. The Bertz CT molecular complexity index is 608. The van der Waals surface area contributed by atoms with Crippen molar-refractivity contribution >= 4 is 11.8 Å². The van der Waals surface area contributed by atoms with E-state index in [1.807, 2.05) is 6.08 Å². The van der Waals surface area contributed by atoms with Crippen molar-refractivity contribution in [3.05, 3.63) is 22.8 Å². The standard InChI is InChI=1S/C20H28O3/c1-13(21)15-12-17-19(2,3)9-5-10-20(17,4)16(15)7-6-14-8-11-23-18(14)22/h8,17H,5-7,9-12H2,1-4H3/t17-,20+/m0/s1. The molecular formula is C20H28O3. The van der Waals surface area contributed by atoms with E-state index in [4.69, 9.17) is 4.74 Å². The number of carbonyl (C=O) groups is 2. The lowest BCUT2D eigenvalue weighted by molar-refractivity contribution is -0.136. The summed E-state index contributed by atoms with van der Waals surface area (Å²) >= 11 is 0. The van der Waals surface area contributed by atoms with Gasteiger partial charge in [-0.3, -0.25) is 4.79 Å². The molecule has 0 amide bonds. The number of hydrogen-bond acceptors (Lipinski definition) is 3. The fraction of sp³-hybridized carbons (Fsp3) is 0.700. The maximum absolute atomic E-state index is 12.2. The molecule has 2 aliphatic carbocycles. The first-order chi connectivity index (χ1) is 10.8. The Hall–Kier alpha value is -1.38. The molecule has 0 N–H and O–H groups in total. The molecule has 0 aromatic heterocycles. The monoisotopic (exact) mass is 316 g/mol. The van der Waals surface area contributed by atoms with Gasteiger partial charge in [-0.1, -0.05) is 32.8 Å². The van der Waals surface area contributed by atoms with Gasteiger partial charge in [0.25, 0.3) is 0 Å². The summed E-state index contributed by atoms with van der Waals surface area (Å²) in [6, 6.07) is 0. The fourth-order valence-corrected chi connectivity index (χ4v) is 5.31. The molecule has 3 nitrogen and oxygen atoms in total. The fourth-order valence-electron chi connectivity index (χ4n) is 5.31. The van der Waals surface area contributed by atoms with E-state index in [0.29, 0.717) is 18.9 Å². The van der Waals surface area contributed by atoms with Gasteiger partial charge in [0.2, 0.25) is 0 Å². The highest BCUT2D eigenvalue weighted by Crippen LogP contribution is 2.62. The Morgan fingerprint density at radius 2 is 2.00 bits per heavy atom. The Morgan fingerprint density at radius 3 is 2.61 bits per heavy atom. The van der Waals surface area contributed by atoms with Gasteiger partial charge >= 0.3 is 5.97 Å². The van der Waals surface area contributed by atoms with E-state index in [9.17, 15) is 9.59 Å². The van der Waals surface area contributed by atoms with E-state index >= 15 is 0 Å². The number of cyclic esters (lactones) is 1. The number of rotatable bonds is 4. The lowest BCUT2D eigenvalue weighted by Gasteiger charge is -2.49. The van der Waals surface area contributed by atoms with Crippen LogP contribution in [0.5, 0.6) is 0 Å². The molecule has 0 unspecified atom stereocenters. The number of ketones is 1. The topological polar surface area (TPSA) is 43.4 Å². The average molecular weight is 316 g/mol. The van der Waals surface area contributed by atoms with Crippen molar-refractivity contribution in [3.8, 4) is 0 Å². The number of esters is 1. The van der Waals surface area contributed by atoms with Crippen molar-refractivity contribution in [2.24, 2.45) is 16.7 Å². The quantitative estimate of drug-likeness (QED) is 0.723. The molecule has 0 spiro atoms. The van der Waals surface area contributed by atoms with Gasteiger partial charge in [0.1, 0.15) is 6.61 Å². The first-order valence-electron chi connectivity index (χ1n) is 8.85. The van der Waals surface area contributed by atoms with Crippen LogP contribution in [0.2, 0.25) is 0 Å². The Kier molecular flexibility index (Phi) is 4.02. The number of ether oxygens (including phenoxy) is 1. The summed E-state index contributed by atoms with van der Waals surface area (Å²) in [5.74, 6) is 0.579. The molecule has 0 bridgehead atoms. The maximum Gasteiger partial charge on any atom is 0.334 e. The number of allylic oxidation sites excluding steroid dienone is 2. The van der Waals surface area contributed by atoms with Crippen molar-refractivity contribution in [3.63, 3.8) is 0 Å². The zero-order valence-electron chi connectivity index (χ0n) is 14.8. The van der Waals surface area contributed by atoms with Gasteiger partial charge in [-0.2, -0.15) is 0 Å². The first kappa shape index (κ1) is 16.5. The van der Waals surface area contributed by atoms with Gasteiger partial charge in [0.05, 0.1) is 0 Å². The predicted octanol–water partition coefficient (Wildman–Crippen LogP) is 4.37. The largest absolute Gasteiger partial charge is 0.458 e. The summed E-state index contributed by atoms with van der Waals surface area (Å²) in [4.78, 5) is 23.9. The second-order valence-corrected chi connectivity index (χ2v) is 8.36. The van der Waals surface area contributed by atoms with Gasteiger partial charge in [-0.15, -0.1) is 0 Å². The van der Waals surface area contributed by atoms with Gasteiger partial charge in [-0.25, -0.2) is 4.79 Å². The second-order valence-electron chi connectivity index (χ2n) is 8.36. The Balaban J connectivity index is 1.89. The minimum absolute atomic E-state index is 0.117. The number of carbonyl (C=O) groups excluding carboxylic acids is 2. The van der Waals surface area contributed by atoms with E-state index < -0.39 is 0 Å². The molecule has 1 fully saturated rings. The number of Topliss-reactive ketones (excluding diaryl/α,β-unsaturated/α-hetero) is 1. The van der Waals surface area contributed by atoms with Crippen LogP contribution in [0, 0.1) is 16.7 Å².